The summed E-state index contributed by atoms with van der Waals surface area (Å²) in [7, 11) is 0. The molecular formula is C12H12N2O3S. The van der Waals surface area contributed by atoms with E-state index >= 15 is 0 Å². The summed E-state index contributed by atoms with van der Waals surface area (Å²) in [5, 5.41) is 22.7. The maximum absolute atomic E-state index is 12.0. The highest BCUT2D eigenvalue weighted by Gasteiger charge is 2.37. The molecule has 0 saturated heterocycles. The van der Waals surface area contributed by atoms with Crippen molar-refractivity contribution in [2.45, 2.75) is 19.3 Å². The van der Waals surface area contributed by atoms with Crippen molar-refractivity contribution in [2.75, 3.05) is 5.32 Å². The molecule has 0 bridgehead atoms. The van der Waals surface area contributed by atoms with Crippen molar-refractivity contribution in [1.82, 2.24) is 0 Å². The lowest BCUT2D eigenvalue weighted by molar-refractivity contribution is -0.145. The third-order valence-corrected chi connectivity index (χ3v) is 4.02. The molecule has 1 amide bonds. The van der Waals surface area contributed by atoms with Crippen LogP contribution in [0, 0.1) is 23.2 Å². The summed E-state index contributed by atoms with van der Waals surface area (Å²) in [5.41, 5.74) is 0.415. The van der Waals surface area contributed by atoms with Crippen molar-refractivity contribution < 1.29 is 14.7 Å². The van der Waals surface area contributed by atoms with Crippen LogP contribution in [0.25, 0.3) is 0 Å². The predicted molar refractivity (Wildman–Crippen MR) is 66.1 cm³/mol. The van der Waals surface area contributed by atoms with Crippen molar-refractivity contribution in [1.29, 1.82) is 5.26 Å². The molecule has 2 unspecified atom stereocenters. The van der Waals surface area contributed by atoms with Gasteiger partial charge in [0.1, 0.15) is 11.1 Å². The van der Waals surface area contributed by atoms with Crippen LogP contribution in [0.1, 0.15) is 24.8 Å². The lowest BCUT2D eigenvalue weighted by Crippen LogP contribution is -2.29. The number of aliphatic carboxylic acids is 1. The monoisotopic (exact) mass is 264 g/mol. The average molecular weight is 264 g/mol. The van der Waals surface area contributed by atoms with Gasteiger partial charge in [0.25, 0.3) is 0 Å². The number of hydrogen-bond donors (Lipinski definition) is 2. The third-order valence-electron chi connectivity index (χ3n) is 3.19. The molecule has 2 N–H and O–H groups in total. The number of rotatable bonds is 3. The van der Waals surface area contributed by atoms with E-state index in [9.17, 15) is 9.59 Å². The summed E-state index contributed by atoms with van der Waals surface area (Å²) >= 11 is 1.27. The Labute approximate surface area is 108 Å². The van der Waals surface area contributed by atoms with Gasteiger partial charge in [-0.2, -0.15) is 5.26 Å². The van der Waals surface area contributed by atoms with Gasteiger partial charge in [-0.05, 0) is 24.3 Å². The normalized spacial score (nSPS) is 22.4. The molecule has 5 nitrogen and oxygen atoms in total. The molecule has 1 aromatic rings. The Balaban J connectivity index is 2.09. The zero-order valence-electron chi connectivity index (χ0n) is 9.55. The molecule has 94 valence electrons. The van der Waals surface area contributed by atoms with Gasteiger partial charge in [-0.15, -0.1) is 11.3 Å². The molecule has 1 heterocycles. The first-order chi connectivity index (χ1) is 8.63. The van der Waals surface area contributed by atoms with Gasteiger partial charge in [0.15, 0.2) is 0 Å². The van der Waals surface area contributed by atoms with Crippen LogP contribution >= 0.6 is 11.3 Å². The van der Waals surface area contributed by atoms with Crippen molar-refractivity contribution in [3.8, 4) is 6.07 Å². The Hall–Kier alpha value is -1.87. The standard InChI is InChI=1S/C12H12N2O3S/c13-6-7-4-5-18-11(7)14-10(15)8-2-1-3-9(8)12(16)17/h4-5,8-9H,1-3H2,(H,14,15)(H,16,17). The summed E-state index contributed by atoms with van der Waals surface area (Å²) < 4.78 is 0. The predicted octanol–water partition coefficient (Wildman–Crippen LogP) is 2.06. The van der Waals surface area contributed by atoms with Gasteiger partial charge in [0.2, 0.25) is 5.91 Å². The van der Waals surface area contributed by atoms with Crippen LogP contribution in [0.5, 0.6) is 0 Å². The zero-order valence-corrected chi connectivity index (χ0v) is 10.4. The first-order valence-corrected chi connectivity index (χ1v) is 6.52. The van der Waals surface area contributed by atoms with Crippen molar-refractivity contribution in [3.05, 3.63) is 17.0 Å². The van der Waals surface area contributed by atoms with Crippen LogP contribution < -0.4 is 5.32 Å². The molecule has 0 spiro atoms. The minimum absolute atomic E-state index is 0.293. The summed E-state index contributed by atoms with van der Waals surface area (Å²) in [6.45, 7) is 0. The second-order valence-electron chi connectivity index (χ2n) is 4.25. The van der Waals surface area contributed by atoms with Crippen molar-refractivity contribution in [3.63, 3.8) is 0 Å². The fraction of sp³-hybridized carbons (Fsp3) is 0.417. The number of carboxylic acids is 1. The molecule has 6 heteroatoms. The van der Waals surface area contributed by atoms with E-state index < -0.39 is 17.8 Å². The Bertz CT molecular complexity index is 518. The third kappa shape index (κ3) is 2.36. The topological polar surface area (TPSA) is 90.2 Å². The number of carbonyl (C=O) groups is 2. The number of carboxylic acid groups (broad SMARTS) is 1. The van der Waals surface area contributed by atoms with E-state index in [0.717, 1.165) is 6.42 Å². The number of nitrogens with one attached hydrogen (secondary N) is 1. The van der Waals surface area contributed by atoms with E-state index in [2.05, 4.69) is 5.32 Å². The largest absolute Gasteiger partial charge is 0.481 e. The Morgan fingerprint density at radius 2 is 2.17 bits per heavy atom. The van der Waals surface area contributed by atoms with E-state index in [1.54, 1.807) is 11.4 Å². The zero-order chi connectivity index (χ0) is 13.1. The Morgan fingerprint density at radius 1 is 1.44 bits per heavy atom. The van der Waals surface area contributed by atoms with Gasteiger partial charge >= 0.3 is 5.97 Å². The van der Waals surface area contributed by atoms with Gasteiger partial charge < -0.3 is 10.4 Å². The molecule has 0 aromatic carbocycles. The van der Waals surface area contributed by atoms with Crippen LogP contribution in [-0.2, 0) is 9.59 Å². The first kappa shape index (κ1) is 12.6. The maximum Gasteiger partial charge on any atom is 0.307 e. The van der Waals surface area contributed by atoms with E-state index in [0.29, 0.717) is 23.4 Å². The van der Waals surface area contributed by atoms with Gasteiger partial charge in [-0.1, -0.05) is 6.42 Å². The van der Waals surface area contributed by atoms with Crippen LogP contribution in [0.15, 0.2) is 11.4 Å². The quantitative estimate of drug-likeness (QED) is 0.874. The molecule has 1 aliphatic carbocycles. The maximum atomic E-state index is 12.0. The van der Waals surface area contributed by atoms with Crippen LogP contribution in [0.4, 0.5) is 5.00 Å². The van der Waals surface area contributed by atoms with E-state index in [-0.39, 0.29) is 5.91 Å². The fourth-order valence-electron chi connectivity index (χ4n) is 2.27. The molecule has 18 heavy (non-hydrogen) atoms. The lowest BCUT2D eigenvalue weighted by atomic mass is 9.95. The number of anilines is 1. The summed E-state index contributed by atoms with van der Waals surface area (Å²) in [5.74, 6) is -2.30. The molecule has 2 atom stereocenters. The van der Waals surface area contributed by atoms with Crippen LogP contribution in [-0.4, -0.2) is 17.0 Å². The lowest BCUT2D eigenvalue weighted by Gasteiger charge is -2.14. The van der Waals surface area contributed by atoms with E-state index in [4.69, 9.17) is 10.4 Å². The van der Waals surface area contributed by atoms with Crippen LogP contribution in [0.3, 0.4) is 0 Å². The van der Waals surface area contributed by atoms with Gasteiger partial charge in [-0.25, -0.2) is 0 Å². The summed E-state index contributed by atoms with van der Waals surface area (Å²) in [6.07, 6.45) is 1.89. The smallest absolute Gasteiger partial charge is 0.307 e. The second-order valence-corrected chi connectivity index (χ2v) is 5.16. The highest BCUT2D eigenvalue weighted by Crippen LogP contribution is 2.33. The number of nitriles is 1. The molecule has 0 radical (unpaired) electrons. The summed E-state index contributed by atoms with van der Waals surface area (Å²) in [6, 6.07) is 3.61. The Kier molecular flexibility index (Phi) is 3.63. The van der Waals surface area contributed by atoms with Gasteiger partial charge in [0.05, 0.1) is 17.4 Å². The van der Waals surface area contributed by atoms with Gasteiger partial charge in [-0.3, -0.25) is 9.59 Å². The van der Waals surface area contributed by atoms with Crippen molar-refractivity contribution >= 4 is 28.2 Å². The molecule has 1 fully saturated rings. The highest BCUT2D eigenvalue weighted by molar-refractivity contribution is 7.14. The second kappa shape index (κ2) is 5.19. The Morgan fingerprint density at radius 3 is 2.83 bits per heavy atom. The number of thiophene rings is 1. The van der Waals surface area contributed by atoms with E-state index in [1.165, 1.54) is 11.3 Å². The molecule has 1 aliphatic rings. The molecule has 0 aliphatic heterocycles. The van der Waals surface area contributed by atoms with Gasteiger partial charge in [0, 0.05) is 0 Å². The minimum atomic E-state index is -0.917. The fourth-order valence-corrected chi connectivity index (χ4v) is 3.01. The number of amides is 1. The molecular weight excluding hydrogens is 252 g/mol. The molecule has 2 rings (SSSR count). The van der Waals surface area contributed by atoms with Crippen molar-refractivity contribution in [2.24, 2.45) is 11.8 Å². The first-order valence-electron chi connectivity index (χ1n) is 5.64. The number of hydrogen-bond acceptors (Lipinski definition) is 4. The SMILES string of the molecule is N#Cc1ccsc1NC(=O)C1CCCC1C(=O)O. The number of carbonyl (C=O) groups excluding carboxylic acids is 1. The van der Waals surface area contributed by atoms with Crippen LogP contribution in [0.2, 0.25) is 0 Å². The average Bonchev–Trinajstić information content (AvgIpc) is 2.96. The number of nitrogens with zero attached hydrogens (tertiary/aromatic N) is 1. The molecule has 1 aromatic heterocycles. The summed E-state index contributed by atoms with van der Waals surface area (Å²) in [4.78, 5) is 23.0. The van der Waals surface area contributed by atoms with E-state index in [1.807, 2.05) is 6.07 Å². The molecule has 1 saturated carbocycles. The minimum Gasteiger partial charge on any atom is -0.481 e. The highest BCUT2D eigenvalue weighted by atomic mass is 32.1.